The van der Waals surface area contributed by atoms with Gasteiger partial charge in [0.2, 0.25) is 5.91 Å². The molecule has 1 amide bonds. The van der Waals surface area contributed by atoms with Crippen LogP contribution in [0.15, 0.2) is 54.7 Å². The second-order valence-corrected chi connectivity index (χ2v) is 6.50. The number of aryl methyl sites for hydroxylation is 1. The molecule has 2 N–H and O–H groups in total. The zero-order valence-corrected chi connectivity index (χ0v) is 14.3. The van der Waals surface area contributed by atoms with Gasteiger partial charge in [-0.3, -0.25) is 4.79 Å². The first kappa shape index (κ1) is 16.3. The fourth-order valence-electron chi connectivity index (χ4n) is 3.10. The first-order chi connectivity index (χ1) is 11.6. The molecular formula is C21H24N2O. The SMILES string of the molecule is CC(C)c1ccccc1NC(=O)CCCc1c[nH]c2ccccc12. The number of hydrogen-bond donors (Lipinski definition) is 2. The monoisotopic (exact) mass is 320 g/mol. The Bertz CT molecular complexity index is 832. The van der Waals surface area contributed by atoms with Gasteiger partial charge in [0.05, 0.1) is 0 Å². The van der Waals surface area contributed by atoms with Crippen LogP contribution in [0.3, 0.4) is 0 Å². The van der Waals surface area contributed by atoms with Crippen molar-refractivity contribution in [3.05, 3.63) is 65.9 Å². The Balaban J connectivity index is 1.57. The van der Waals surface area contributed by atoms with Crippen molar-refractivity contribution in [2.24, 2.45) is 0 Å². The standard InChI is InChI=1S/C21H24N2O/c1-15(2)17-9-3-6-12-20(17)23-21(24)13-7-8-16-14-22-19-11-5-4-10-18(16)19/h3-6,9-12,14-15,22H,7-8,13H2,1-2H3,(H,23,24). The molecule has 1 aromatic heterocycles. The van der Waals surface area contributed by atoms with E-state index in [9.17, 15) is 4.79 Å². The van der Waals surface area contributed by atoms with Crippen LogP contribution in [0.5, 0.6) is 0 Å². The summed E-state index contributed by atoms with van der Waals surface area (Å²) in [5.74, 6) is 0.482. The number of carbonyl (C=O) groups excluding carboxylic acids is 1. The van der Waals surface area contributed by atoms with Crippen molar-refractivity contribution in [2.75, 3.05) is 5.32 Å². The normalized spacial score (nSPS) is 11.1. The van der Waals surface area contributed by atoms with E-state index < -0.39 is 0 Å². The fraction of sp³-hybridized carbons (Fsp3) is 0.286. The third kappa shape index (κ3) is 3.67. The highest BCUT2D eigenvalue weighted by molar-refractivity contribution is 5.91. The van der Waals surface area contributed by atoms with E-state index in [4.69, 9.17) is 0 Å². The molecule has 0 saturated carbocycles. The Labute approximate surface area is 143 Å². The quantitative estimate of drug-likeness (QED) is 0.640. The van der Waals surface area contributed by atoms with Gasteiger partial charge in [-0.05, 0) is 42.0 Å². The van der Waals surface area contributed by atoms with Crippen LogP contribution in [-0.2, 0) is 11.2 Å². The van der Waals surface area contributed by atoms with Crippen molar-refractivity contribution in [1.29, 1.82) is 0 Å². The van der Waals surface area contributed by atoms with Gasteiger partial charge in [-0.2, -0.15) is 0 Å². The summed E-state index contributed by atoms with van der Waals surface area (Å²) in [6, 6.07) is 16.3. The Morgan fingerprint density at radius 2 is 1.83 bits per heavy atom. The van der Waals surface area contributed by atoms with Gasteiger partial charge in [-0.15, -0.1) is 0 Å². The molecule has 0 aliphatic rings. The van der Waals surface area contributed by atoms with Crippen LogP contribution in [0.2, 0.25) is 0 Å². The topological polar surface area (TPSA) is 44.9 Å². The minimum absolute atomic E-state index is 0.0861. The first-order valence-electron chi connectivity index (χ1n) is 8.59. The van der Waals surface area contributed by atoms with Crippen LogP contribution in [-0.4, -0.2) is 10.9 Å². The highest BCUT2D eigenvalue weighted by Crippen LogP contribution is 2.24. The molecule has 0 fully saturated rings. The lowest BCUT2D eigenvalue weighted by atomic mass is 10.0. The molecule has 0 unspecified atom stereocenters. The molecule has 2 aromatic carbocycles. The highest BCUT2D eigenvalue weighted by atomic mass is 16.1. The minimum atomic E-state index is 0.0861. The summed E-state index contributed by atoms with van der Waals surface area (Å²) in [5.41, 5.74) is 4.55. The van der Waals surface area contributed by atoms with Crippen LogP contribution in [0.4, 0.5) is 5.69 Å². The van der Waals surface area contributed by atoms with Crippen molar-refractivity contribution >= 4 is 22.5 Å². The maximum absolute atomic E-state index is 12.3. The molecule has 24 heavy (non-hydrogen) atoms. The van der Waals surface area contributed by atoms with E-state index in [0.717, 1.165) is 24.0 Å². The van der Waals surface area contributed by atoms with Crippen LogP contribution < -0.4 is 5.32 Å². The molecule has 124 valence electrons. The average Bonchev–Trinajstić information content (AvgIpc) is 2.98. The molecule has 0 saturated heterocycles. The summed E-state index contributed by atoms with van der Waals surface area (Å²) in [7, 11) is 0. The van der Waals surface area contributed by atoms with Crippen molar-refractivity contribution in [2.45, 2.75) is 39.0 Å². The third-order valence-electron chi connectivity index (χ3n) is 4.38. The average molecular weight is 320 g/mol. The van der Waals surface area contributed by atoms with Crippen LogP contribution in [0.25, 0.3) is 10.9 Å². The Morgan fingerprint density at radius 1 is 1.08 bits per heavy atom. The number of hydrogen-bond acceptors (Lipinski definition) is 1. The molecule has 1 heterocycles. The van der Waals surface area contributed by atoms with Gasteiger partial charge in [0.15, 0.2) is 0 Å². The number of rotatable bonds is 6. The molecule has 0 atom stereocenters. The van der Waals surface area contributed by atoms with Crippen LogP contribution in [0.1, 0.15) is 43.7 Å². The summed E-state index contributed by atoms with van der Waals surface area (Å²) >= 11 is 0. The predicted octanol–water partition coefficient (Wildman–Crippen LogP) is 5.25. The predicted molar refractivity (Wildman–Crippen MR) is 100 cm³/mol. The van der Waals surface area contributed by atoms with Crippen molar-refractivity contribution in [3.8, 4) is 0 Å². The molecule has 3 nitrogen and oxygen atoms in total. The van der Waals surface area contributed by atoms with E-state index in [1.54, 1.807) is 0 Å². The van der Waals surface area contributed by atoms with Crippen molar-refractivity contribution < 1.29 is 4.79 Å². The number of nitrogens with one attached hydrogen (secondary N) is 2. The van der Waals surface area contributed by atoms with Gasteiger partial charge < -0.3 is 10.3 Å². The van der Waals surface area contributed by atoms with Gasteiger partial charge in [-0.1, -0.05) is 50.2 Å². The van der Waals surface area contributed by atoms with Gasteiger partial charge in [0.1, 0.15) is 0 Å². The second-order valence-electron chi connectivity index (χ2n) is 6.50. The van der Waals surface area contributed by atoms with E-state index in [1.807, 2.05) is 24.3 Å². The molecule has 0 radical (unpaired) electrons. The van der Waals surface area contributed by atoms with E-state index in [-0.39, 0.29) is 5.91 Å². The lowest BCUT2D eigenvalue weighted by Gasteiger charge is -2.13. The summed E-state index contributed by atoms with van der Waals surface area (Å²) in [4.78, 5) is 15.5. The van der Waals surface area contributed by atoms with E-state index >= 15 is 0 Å². The highest BCUT2D eigenvalue weighted by Gasteiger charge is 2.09. The summed E-state index contributed by atoms with van der Waals surface area (Å²) in [6.45, 7) is 4.28. The van der Waals surface area contributed by atoms with Crippen LogP contribution >= 0.6 is 0 Å². The van der Waals surface area contributed by atoms with Gasteiger partial charge in [0.25, 0.3) is 0 Å². The summed E-state index contributed by atoms with van der Waals surface area (Å²) in [6.07, 6.45) is 4.34. The Hall–Kier alpha value is -2.55. The number of para-hydroxylation sites is 2. The molecule has 3 heteroatoms. The molecule has 0 spiro atoms. The van der Waals surface area contributed by atoms with E-state index in [1.165, 1.54) is 16.5 Å². The molecule has 0 aliphatic heterocycles. The second kappa shape index (κ2) is 7.35. The molecule has 3 rings (SSSR count). The number of aromatic amines is 1. The lowest BCUT2D eigenvalue weighted by Crippen LogP contribution is -2.13. The molecule has 0 aliphatic carbocycles. The number of aromatic nitrogens is 1. The molecule has 0 bridgehead atoms. The van der Waals surface area contributed by atoms with Crippen molar-refractivity contribution in [1.82, 2.24) is 4.98 Å². The number of amides is 1. The zero-order chi connectivity index (χ0) is 16.9. The fourth-order valence-corrected chi connectivity index (χ4v) is 3.10. The summed E-state index contributed by atoms with van der Waals surface area (Å²) in [5, 5.41) is 4.32. The molecule has 3 aromatic rings. The van der Waals surface area contributed by atoms with E-state index in [2.05, 4.69) is 54.6 Å². The molecular weight excluding hydrogens is 296 g/mol. The first-order valence-corrected chi connectivity index (χ1v) is 8.59. The summed E-state index contributed by atoms with van der Waals surface area (Å²) < 4.78 is 0. The van der Waals surface area contributed by atoms with E-state index in [0.29, 0.717) is 12.3 Å². The maximum Gasteiger partial charge on any atom is 0.224 e. The number of anilines is 1. The van der Waals surface area contributed by atoms with Gasteiger partial charge in [0, 0.05) is 29.2 Å². The minimum Gasteiger partial charge on any atom is -0.361 e. The smallest absolute Gasteiger partial charge is 0.224 e. The number of carbonyl (C=O) groups is 1. The third-order valence-corrected chi connectivity index (χ3v) is 4.38. The lowest BCUT2D eigenvalue weighted by molar-refractivity contribution is -0.116. The van der Waals surface area contributed by atoms with Gasteiger partial charge >= 0.3 is 0 Å². The largest absolute Gasteiger partial charge is 0.361 e. The van der Waals surface area contributed by atoms with Gasteiger partial charge in [-0.25, -0.2) is 0 Å². The maximum atomic E-state index is 12.3. The zero-order valence-electron chi connectivity index (χ0n) is 14.3. The van der Waals surface area contributed by atoms with Crippen LogP contribution in [0, 0.1) is 0 Å². The Kier molecular flexibility index (Phi) is 4.99. The number of fused-ring (bicyclic) bond motifs is 1. The van der Waals surface area contributed by atoms with Crippen molar-refractivity contribution in [3.63, 3.8) is 0 Å². The Morgan fingerprint density at radius 3 is 2.67 bits per heavy atom. The number of benzene rings is 2. The number of H-pyrrole nitrogens is 1.